The van der Waals surface area contributed by atoms with Crippen molar-refractivity contribution in [1.29, 1.82) is 0 Å². The maximum atomic E-state index is 12.1. The molecule has 2 N–H and O–H groups in total. The van der Waals surface area contributed by atoms with E-state index in [-0.39, 0.29) is 5.91 Å². The third-order valence-corrected chi connectivity index (χ3v) is 3.14. The molecule has 1 atom stereocenters. The smallest absolute Gasteiger partial charge is 0.242 e. The van der Waals surface area contributed by atoms with Crippen LogP contribution in [0.25, 0.3) is 5.65 Å². The Balaban J connectivity index is 1.58. The molecule has 3 rings (SSSR count). The van der Waals surface area contributed by atoms with Crippen LogP contribution in [-0.4, -0.2) is 37.2 Å². The predicted molar refractivity (Wildman–Crippen MR) is 80.0 cm³/mol. The second kappa shape index (κ2) is 6.17. The topological polar surface area (TPSA) is 97.1 Å². The Kier molecular flexibility index (Phi) is 3.90. The minimum absolute atomic E-state index is 0.109. The summed E-state index contributed by atoms with van der Waals surface area (Å²) in [4.78, 5) is 12.1. The van der Waals surface area contributed by atoms with E-state index in [4.69, 9.17) is 0 Å². The van der Waals surface area contributed by atoms with Crippen molar-refractivity contribution in [2.45, 2.75) is 19.5 Å². The number of tetrazole rings is 1. The lowest BCUT2D eigenvalue weighted by Crippen LogP contribution is -2.37. The van der Waals surface area contributed by atoms with Gasteiger partial charge in [-0.05, 0) is 35.0 Å². The number of nitrogens with zero attached hydrogens (tertiary/aromatic N) is 5. The van der Waals surface area contributed by atoms with Gasteiger partial charge in [-0.3, -0.25) is 4.79 Å². The standard InChI is InChI=1S/C14H15N7O/c1-10(14(22)15-9-11-5-3-2-4-6-11)16-12-7-8-13-17-19-20-21(13)18-12/h2-8,10H,9H2,1H3,(H,15,22)(H,16,18). The lowest BCUT2D eigenvalue weighted by atomic mass is 10.2. The average Bonchev–Trinajstić information content (AvgIpc) is 3.01. The van der Waals surface area contributed by atoms with Gasteiger partial charge in [0.25, 0.3) is 0 Å². The lowest BCUT2D eigenvalue weighted by molar-refractivity contribution is -0.121. The first-order chi connectivity index (χ1) is 10.7. The van der Waals surface area contributed by atoms with E-state index in [9.17, 15) is 4.79 Å². The quantitative estimate of drug-likeness (QED) is 0.717. The number of amides is 1. The summed E-state index contributed by atoms with van der Waals surface area (Å²) in [5, 5.41) is 21.1. The van der Waals surface area contributed by atoms with E-state index in [0.717, 1.165) is 5.56 Å². The summed E-state index contributed by atoms with van der Waals surface area (Å²) in [6.45, 7) is 2.26. The molecule has 8 heteroatoms. The van der Waals surface area contributed by atoms with Crippen molar-refractivity contribution >= 4 is 17.4 Å². The van der Waals surface area contributed by atoms with Crippen LogP contribution in [0.2, 0.25) is 0 Å². The zero-order valence-corrected chi connectivity index (χ0v) is 12.0. The van der Waals surface area contributed by atoms with Gasteiger partial charge in [0.15, 0.2) is 5.65 Å². The summed E-state index contributed by atoms with van der Waals surface area (Å²) in [5.74, 6) is 0.421. The van der Waals surface area contributed by atoms with Gasteiger partial charge in [-0.15, -0.1) is 14.8 Å². The summed E-state index contributed by atoms with van der Waals surface area (Å²) < 4.78 is 1.30. The fourth-order valence-corrected chi connectivity index (χ4v) is 1.95. The van der Waals surface area contributed by atoms with E-state index in [1.807, 2.05) is 30.3 Å². The molecule has 112 valence electrons. The van der Waals surface area contributed by atoms with E-state index < -0.39 is 6.04 Å². The van der Waals surface area contributed by atoms with Crippen LogP contribution in [0, 0.1) is 0 Å². The van der Waals surface area contributed by atoms with Gasteiger partial charge < -0.3 is 10.6 Å². The Morgan fingerprint density at radius 1 is 1.23 bits per heavy atom. The maximum Gasteiger partial charge on any atom is 0.242 e. The van der Waals surface area contributed by atoms with Gasteiger partial charge in [0.05, 0.1) is 0 Å². The summed E-state index contributed by atoms with van der Waals surface area (Å²) in [7, 11) is 0. The van der Waals surface area contributed by atoms with E-state index in [1.54, 1.807) is 19.1 Å². The predicted octanol–water partition coefficient (Wildman–Crippen LogP) is 0.636. The zero-order chi connectivity index (χ0) is 15.4. The van der Waals surface area contributed by atoms with Crippen molar-refractivity contribution in [3.05, 3.63) is 48.0 Å². The second-order valence-corrected chi connectivity index (χ2v) is 4.81. The molecule has 22 heavy (non-hydrogen) atoms. The Bertz CT molecular complexity index is 771. The number of benzene rings is 1. The van der Waals surface area contributed by atoms with Gasteiger partial charge in [-0.25, -0.2) is 0 Å². The van der Waals surface area contributed by atoms with E-state index >= 15 is 0 Å². The molecule has 1 amide bonds. The third-order valence-electron chi connectivity index (χ3n) is 3.14. The number of aromatic nitrogens is 5. The summed E-state index contributed by atoms with van der Waals surface area (Å²) in [5.41, 5.74) is 1.60. The normalized spacial score (nSPS) is 12.0. The molecule has 2 aromatic heterocycles. The van der Waals surface area contributed by atoms with E-state index in [1.165, 1.54) is 4.63 Å². The lowest BCUT2D eigenvalue weighted by Gasteiger charge is -2.14. The molecular weight excluding hydrogens is 282 g/mol. The summed E-state index contributed by atoms with van der Waals surface area (Å²) in [6, 6.07) is 12.8. The van der Waals surface area contributed by atoms with Crippen molar-refractivity contribution in [1.82, 2.24) is 30.6 Å². The second-order valence-electron chi connectivity index (χ2n) is 4.81. The van der Waals surface area contributed by atoms with Crippen LogP contribution in [0.4, 0.5) is 5.82 Å². The minimum atomic E-state index is -0.426. The molecule has 0 saturated carbocycles. The first-order valence-corrected chi connectivity index (χ1v) is 6.86. The van der Waals surface area contributed by atoms with Crippen LogP contribution < -0.4 is 10.6 Å². The number of nitrogens with one attached hydrogen (secondary N) is 2. The molecule has 0 aliphatic rings. The van der Waals surface area contributed by atoms with Crippen LogP contribution in [0.1, 0.15) is 12.5 Å². The minimum Gasteiger partial charge on any atom is -0.357 e. The fraction of sp³-hybridized carbons (Fsp3) is 0.214. The van der Waals surface area contributed by atoms with Crippen LogP contribution in [0.15, 0.2) is 42.5 Å². The third kappa shape index (κ3) is 3.17. The first-order valence-electron chi connectivity index (χ1n) is 6.86. The highest BCUT2D eigenvalue weighted by atomic mass is 16.2. The first kappa shape index (κ1) is 13.9. The van der Waals surface area contributed by atoms with Crippen LogP contribution in [0.5, 0.6) is 0 Å². The van der Waals surface area contributed by atoms with Crippen LogP contribution in [-0.2, 0) is 11.3 Å². The molecule has 0 aliphatic carbocycles. The molecule has 1 aromatic carbocycles. The van der Waals surface area contributed by atoms with Crippen LogP contribution in [0.3, 0.4) is 0 Å². The Labute approximate surface area is 126 Å². The molecule has 0 bridgehead atoms. The highest BCUT2D eigenvalue weighted by Crippen LogP contribution is 2.05. The van der Waals surface area contributed by atoms with Gasteiger partial charge >= 0.3 is 0 Å². The van der Waals surface area contributed by atoms with Crippen molar-refractivity contribution < 1.29 is 4.79 Å². The van der Waals surface area contributed by atoms with Gasteiger partial charge in [0.2, 0.25) is 5.91 Å². The molecule has 0 spiro atoms. The van der Waals surface area contributed by atoms with Gasteiger partial charge in [0.1, 0.15) is 11.9 Å². The average molecular weight is 297 g/mol. The molecule has 0 fully saturated rings. The molecule has 1 unspecified atom stereocenters. The molecule has 2 heterocycles. The van der Waals surface area contributed by atoms with Crippen LogP contribution >= 0.6 is 0 Å². The number of fused-ring (bicyclic) bond motifs is 1. The molecule has 0 radical (unpaired) electrons. The Morgan fingerprint density at radius 2 is 2.05 bits per heavy atom. The Morgan fingerprint density at radius 3 is 2.86 bits per heavy atom. The molecular formula is C14H15N7O. The number of hydrogen-bond donors (Lipinski definition) is 2. The monoisotopic (exact) mass is 297 g/mol. The fourth-order valence-electron chi connectivity index (χ4n) is 1.95. The van der Waals surface area contributed by atoms with Crippen molar-refractivity contribution in [2.75, 3.05) is 5.32 Å². The summed E-state index contributed by atoms with van der Waals surface area (Å²) in [6.07, 6.45) is 0. The van der Waals surface area contributed by atoms with Gasteiger partial charge in [-0.2, -0.15) is 0 Å². The molecule has 0 aliphatic heterocycles. The number of carbonyl (C=O) groups is 1. The van der Waals surface area contributed by atoms with Crippen molar-refractivity contribution in [2.24, 2.45) is 0 Å². The number of hydrogen-bond acceptors (Lipinski definition) is 6. The Hall–Kier alpha value is -3.03. The highest BCUT2D eigenvalue weighted by molar-refractivity contribution is 5.83. The maximum absolute atomic E-state index is 12.1. The van der Waals surface area contributed by atoms with Crippen molar-refractivity contribution in [3.8, 4) is 0 Å². The highest BCUT2D eigenvalue weighted by Gasteiger charge is 2.13. The van der Waals surface area contributed by atoms with Gasteiger partial charge in [-0.1, -0.05) is 30.3 Å². The molecule has 8 nitrogen and oxygen atoms in total. The SMILES string of the molecule is CC(Nc1ccc2nnnn2n1)C(=O)NCc1ccccc1. The number of carbonyl (C=O) groups excluding carboxylic acids is 1. The van der Waals surface area contributed by atoms with E-state index in [0.29, 0.717) is 18.0 Å². The van der Waals surface area contributed by atoms with Gasteiger partial charge in [0, 0.05) is 6.54 Å². The zero-order valence-electron chi connectivity index (χ0n) is 12.0. The number of anilines is 1. The molecule has 0 saturated heterocycles. The summed E-state index contributed by atoms with van der Waals surface area (Å²) >= 11 is 0. The largest absolute Gasteiger partial charge is 0.357 e. The number of rotatable bonds is 5. The van der Waals surface area contributed by atoms with E-state index in [2.05, 4.69) is 31.3 Å². The molecule has 3 aromatic rings. The van der Waals surface area contributed by atoms with Crippen molar-refractivity contribution in [3.63, 3.8) is 0 Å².